The maximum atomic E-state index is 14.5. The molecule has 4 heterocycles. The average molecular weight is 708 g/mol. The molecule has 0 aliphatic carbocycles. The second-order valence-electron chi connectivity index (χ2n) is 14.0. The Hall–Kier alpha value is -5.16. The van der Waals surface area contributed by atoms with Crippen LogP contribution >= 0.6 is 0 Å². The minimum absolute atomic E-state index is 0.199. The number of hydrogen-bond acceptors (Lipinski definition) is 9. The molecule has 0 radical (unpaired) electrons. The first-order valence-electron chi connectivity index (χ1n) is 18.1. The molecular weight excluding hydrogens is 658 g/mol. The Morgan fingerprint density at radius 3 is 2.27 bits per heavy atom. The van der Waals surface area contributed by atoms with Crippen LogP contribution in [0.1, 0.15) is 42.4 Å². The van der Waals surface area contributed by atoms with Gasteiger partial charge in [0, 0.05) is 37.8 Å². The standard InChI is InChI=1S/C41H49N5O6/c1-48-33-11-9-29(10-12-33)25-41(17-21-45(39(41)47)26-31-23-36(49-2)38(51-4)37(24-31)50-3)16-20-44-18-13-32(14-19-44)42-40-43-34-7-5-6-8-35(34)46(40)27-30-15-22-52-28-30/h5-12,15,22-24,28,32H,13-14,16-21,25-27H2,1-4H3,(H,42,43). The van der Waals surface area contributed by atoms with Crippen LogP contribution in [-0.4, -0.2) is 85.9 Å². The fourth-order valence-corrected chi connectivity index (χ4v) is 7.88. The molecule has 1 N–H and O–H groups in total. The number of para-hydroxylation sites is 2. The van der Waals surface area contributed by atoms with Crippen LogP contribution in [0.4, 0.5) is 5.95 Å². The summed E-state index contributed by atoms with van der Waals surface area (Å²) in [7, 11) is 6.49. The SMILES string of the molecule is COc1ccc(CC2(CCN3CCC(Nc4nc5ccccc5n4Cc4ccoc4)CC3)CCN(Cc3cc(OC)c(OC)c(OC)c3)C2=O)cc1. The number of rotatable bonds is 15. The zero-order valence-corrected chi connectivity index (χ0v) is 30.6. The molecule has 2 aromatic heterocycles. The molecule has 1 atom stereocenters. The van der Waals surface area contributed by atoms with Gasteiger partial charge in [0.05, 0.1) is 64.0 Å². The van der Waals surface area contributed by atoms with Gasteiger partial charge in [0.15, 0.2) is 11.5 Å². The number of carbonyl (C=O) groups is 1. The quantitative estimate of drug-likeness (QED) is 0.128. The van der Waals surface area contributed by atoms with E-state index in [1.807, 2.05) is 41.3 Å². The summed E-state index contributed by atoms with van der Waals surface area (Å²) in [6.45, 7) is 4.65. The zero-order valence-electron chi connectivity index (χ0n) is 30.6. The third-order valence-corrected chi connectivity index (χ3v) is 10.8. The van der Waals surface area contributed by atoms with Crippen LogP contribution in [0.3, 0.4) is 0 Å². The normalized spacial score (nSPS) is 18.2. The second kappa shape index (κ2) is 15.6. The summed E-state index contributed by atoms with van der Waals surface area (Å²) in [4.78, 5) is 24.0. The highest BCUT2D eigenvalue weighted by atomic mass is 16.5. The number of nitrogens with zero attached hydrogens (tertiary/aromatic N) is 4. The van der Waals surface area contributed by atoms with E-state index in [0.717, 1.165) is 84.7 Å². The van der Waals surface area contributed by atoms with Crippen LogP contribution in [0.5, 0.6) is 23.0 Å². The van der Waals surface area contributed by atoms with Crippen molar-refractivity contribution >= 4 is 22.9 Å². The van der Waals surface area contributed by atoms with Gasteiger partial charge in [-0.05, 0) is 92.2 Å². The predicted octanol–water partition coefficient (Wildman–Crippen LogP) is 6.64. The zero-order chi connectivity index (χ0) is 36.1. The smallest absolute Gasteiger partial charge is 0.229 e. The summed E-state index contributed by atoms with van der Waals surface area (Å²) in [6, 6.07) is 22.6. The lowest BCUT2D eigenvalue weighted by atomic mass is 9.77. The molecule has 1 unspecified atom stereocenters. The van der Waals surface area contributed by atoms with E-state index >= 15 is 0 Å². The van der Waals surface area contributed by atoms with Crippen molar-refractivity contribution in [3.05, 3.63) is 95.9 Å². The average Bonchev–Trinajstić information content (AvgIpc) is 3.90. The molecular formula is C41H49N5O6. The number of aromatic nitrogens is 2. The minimum atomic E-state index is -0.498. The van der Waals surface area contributed by atoms with E-state index in [-0.39, 0.29) is 5.91 Å². The van der Waals surface area contributed by atoms with Crippen molar-refractivity contribution in [1.82, 2.24) is 19.4 Å². The van der Waals surface area contributed by atoms with E-state index in [4.69, 9.17) is 28.3 Å². The van der Waals surface area contributed by atoms with Gasteiger partial charge in [-0.25, -0.2) is 4.98 Å². The number of amides is 1. The molecule has 2 aliphatic rings. The van der Waals surface area contributed by atoms with Gasteiger partial charge in [-0.15, -0.1) is 0 Å². The Kier molecular flexibility index (Phi) is 10.6. The number of likely N-dealkylation sites (tertiary alicyclic amines) is 2. The highest BCUT2D eigenvalue weighted by Crippen LogP contribution is 2.42. The number of furan rings is 1. The van der Waals surface area contributed by atoms with Gasteiger partial charge < -0.3 is 43.0 Å². The maximum Gasteiger partial charge on any atom is 0.229 e. The van der Waals surface area contributed by atoms with E-state index in [2.05, 4.69) is 45.1 Å². The van der Waals surface area contributed by atoms with Gasteiger partial charge in [-0.2, -0.15) is 0 Å². The first-order chi connectivity index (χ1) is 25.4. The lowest BCUT2D eigenvalue weighted by molar-refractivity contribution is -0.137. The Bertz CT molecular complexity index is 1930. The number of methoxy groups -OCH3 is 4. The Labute approximate surface area is 305 Å². The number of benzene rings is 3. The molecule has 5 aromatic rings. The maximum absolute atomic E-state index is 14.5. The van der Waals surface area contributed by atoms with Gasteiger partial charge in [0.25, 0.3) is 0 Å². The van der Waals surface area contributed by atoms with Gasteiger partial charge in [-0.1, -0.05) is 24.3 Å². The van der Waals surface area contributed by atoms with Crippen LogP contribution < -0.4 is 24.3 Å². The van der Waals surface area contributed by atoms with Crippen LogP contribution in [0.25, 0.3) is 11.0 Å². The van der Waals surface area contributed by atoms with Crippen molar-refractivity contribution in [3.8, 4) is 23.0 Å². The fourth-order valence-electron chi connectivity index (χ4n) is 7.88. The summed E-state index contributed by atoms with van der Waals surface area (Å²) in [5, 5.41) is 3.78. The number of hydrogen-bond donors (Lipinski definition) is 1. The summed E-state index contributed by atoms with van der Waals surface area (Å²) in [6.07, 6.45) is 7.79. The van der Waals surface area contributed by atoms with E-state index in [1.165, 1.54) is 0 Å². The fraction of sp³-hybridized carbons (Fsp3) is 0.415. The second-order valence-corrected chi connectivity index (χ2v) is 14.0. The Morgan fingerprint density at radius 1 is 0.846 bits per heavy atom. The molecule has 7 rings (SSSR count). The first kappa shape index (κ1) is 35.3. The number of imidazole rings is 1. The van der Waals surface area contributed by atoms with Crippen LogP contribution in [0, 0.1) is 5.41 Å². The van der Waals surface area contributed by atoms with Crippen molar-refractivity contribution in [2.45, 2.75) is 51.2 Å². The highest BCUT2D eigenvalue weighted by Gasteiger charge is 2.46. The third kappa shape index (κ3) is 7.41. The molecule has 2 fully saturated rings. The van der Waals surface area contributed by atoms with E-state index < -0.39 is 5.41 Å². The predicted molar refractivity (Wildman–Crippen MR) is 201 cm³/mol. The van der Waals surface area contributed by atoms with E-state index in [0.29, 0.717) is 49.3 Å². The molecule has 0 spiro atoms. The Morgan fingerprint density at radius 2 is 1.60 bits per heavy atom. The van der Waals surface area contributed by atoms with Crippen molar-refractivity contribution < 1.29 is 28.2 Å². The monoisotopic (exact) mass is 707 g/mol. The topological polar surface area (TPSA) is 103 Å². The number of piperidine rings is 1. The van der Waals surface area contributed by atoms with Crippen LogP contribution in [0.2, 0.25) is 0 Å². The lowest BCUT2D eigenvalue weighted by Gasteiger charge is -2.35. The Balaban J connectivity index is 1.03. The van der Waals surface area contributed by atoms with E-state index in [1.54, 1.807) is 41.0 Å². The largest absolute Gasteiger partial charge is 0.497 e. The molecule has 11 heteroatoms. The molecule has 1 amide bonds. The summed E-state index contributed by atoms with van der Waals surface area (Å²) >= 11 is 0. The molecule has 11 nitrogen and oxygen atoms in total. The first-order valence-corrected chi connectivity index (χ1v) is 18.1. The number of fused-ring (bicyclic) bond motifs is 1. The van der Waals surface area contributed by atoms with E-state index in [9.17, 15) is 4.79 Å². The van der Waals surface area contributed by atoms with Crippen LogP contribution in [-0.2, 0) is 24.3 Å². The molecule has 0 saturated carbocycles. The summed E-state index contributed by atoms with van der Waals surface area (Å²) in [5.74, 6) is 3.62. The minimum Gasteiger partial charge on any atom is -0.497 e. The summed E-state index contributed by atoms with van der Waals surface area (Å²) < 4.78 is 29.7. The molecule has 52 heavy (non-hydrogen) atoms. The number of ether oxygens (including phenoxy) is 4. The van der Waals surface area contributed by atoms with Crippen molar-refractivity contribution in [1.29, 1.82) is 0 Å². The number of nitrogens with one attached hydrogen (secondary N) is 1. The van der Waals surface area contributed by atoms with Crippen molar-refractivity contribution in [2.75, 3.05) is 59.9 Å². The van der Waals surface area contributed by atoms with Crippen molar-refractivity contribution in [3.63, 3.8) is 0 Å². The molecule has 2 saturated heterocycles. The molecule has 274 valence electrons. The lowest BCUT2D eigenvalue weighted by Crippen LogP contribution is -2.43. The van der Waals surface area contributed by atoms with Gasteiger partial charge in [0.1, 0.15) is 5.75 Å². The molecule has 2 aliphatic heterocycles. The van der Waals surface area contributed by atoms with Gasteiger partial charge >= 0.3 is 0 Å². The van der Waals surface area contributed by atoms with Gasteiger partial charge in [-0.3, -0.25) is 4.79 Å². The summed E-state index contributed by atoms with van der Waals surface area (Å²) in [5.41, 5.74) is 4.77. The number of carbonyl (C=O) groups excluding carboxylic acids is 1. The number of anilines is 1. The van der Waals surface area contributed by atoms with Crippen LogP contribution in [0.15, 0.2) is 83.7 Å². The molecule has 3 aromatic carbocycles. The molecule has 0 bridgehead atoms. The van der Waals surface area contributed by atoms with Gasteiger partial charge in [0.2, 0.25) is 17.6 Å². The highest BCUT2D eigenvalue weighted by molar-refractivity contribution is 5.85. The van der Waals surface area contributed by atoms with Crippen molar-refractivity contribution in [2.24, 2.45) is 5.41 Å². The third-order valence-electron chi connectivity index (χ3n) is 10.8.